The molecule has 9 nitrogen and oxygen atoms in total. The van der Waals surface area contributed by atoms with Crippen molar-refractivity contribution in [1.29, 1.82) is 0 Å². The summed E-state index contributed by atoms with van der Waals surface area (Å²) in [6, 6.07) is 0. The SMILES string of the molecule is CCCCC/C=C\CCCCCCCC(=O)OC(COC(=O)CCCCCCCCCCCCC)COP(=O)([O-])OCC[N+](C)(C)C. The van der Waals surface area contributed by atoms with Crippen molar-refractivity contribution in [1.82, 2.24) is 0 Å². The maximum atomic E-state index is 12.6. The molecule has 0 amide bonds. The minimum atomic E-state index is -4.61. The van der Waals surface area contributed by atoms with Crippen LogP contribution in [0.5, 0.6) is 0 Å². The maximum Gasteiger partial charge on any atom is 0.306 e. The van der Waals surface area contributed by atoms with Crippen LogP contribution >= 0.6 is 7.82 Å². The minimum Gasteiger partial charge on any atom is -0.756 e. The Morgan fingerprint density at radius 2 is 1.09 bits per heavy atom. The molecule has 47 heavy (non-hydrogen) atoms. The number of quaternary nitrogens is 1. The number of carbonyl (C=O) groups excluding carboxylic acids is 2. The molecule has 0 radical (unpaired) electrons. The maximum absolute atomic E-state index is 12.6. The first-order valence-corrected chi connectivity index (χ1v) is 20.4. The van der Waals surface area contributed by atoms with Crippen molar-refractivity contribution in [3.8, 4) is 0 Å². The zero-order chi connectivity index (χ0) is 35.1. The van der Waals surface area contributed by atoms with Crippen LogP contribution in [0.15, 0.2) is 12.2 Å². The highest BCUT2D eigenvalue weighted by molar-refractivity contribution is 7.45. The Hall–Kier alpha value is -1.25. The summed E-state index contributed by atoms with van der Waals surface area (Å²) >= 11 is 0. The molecule has 0 aromatic heterocycles. The van der Waals surface area contributed by atoms with E-state index < -0.39 is 26.5 Å². The first-order valence-electron chi connectivity index (χ1n) is 18.9. The molecule has 0 bridgehead atoms. The molecule has 278 valence electrons. The number of rotatable bonds is 34. The molecule has 0 aliphatic carbocycles. The van der Waals surface area contributed by atoms with Crippen molar-refractivity contribution in [3.05, 3.63) is 12.2 Å². The Labute approximate surface area is 288 Å². The van der Waals surface area contributed by atoms with Gasteiger partial charge in [0.25, 0.3) is 7.82 Å². The number of unbranched alkanes of at least 4 members (excludes halogenated alkanes) is 18. The predicted octanol–water partition coefficient (Wildman–Crippen LogP) is 9.22. The summed E-state index contributed by atoms with van der Waals surface area (Å²) in [6.45, 7) is 4.17. The highest BCUT2D eigenvalue weighted by Crippen LogP contribution is 2.38. The summed E-state index contributed by atoms with van der Waals surface area (Å²) in [7, 11) is 1.16. The molecule has 10 heteroatoms. The molecule has 0 rings (SSSR count). The summed E-state index contributed by atoms with van der Waals surface area (Å²) in [4.78, 5) is 37.2. The van der Waals surface area contributed by atoms with Gasteiger partial charge in [0.1, 0.15) is 19.8 Å². The summed E-state index contributed by atoms with van der Waals surface area (Å²) in [5.74, 6) is -0.844. The molecule has 2 atom stereocenters. The van der Waals surface area contributed by atoms with Crippen molar-refractivity contribution in [3.63, 3.8) is 0 Å². The van der Waals surface area contributed by atoms with Gasteiger partial charge in [-0.15, -0.1) is 0 Å². The lowest BCUT2D eigenvalue weighted by Crippen LogP contribution is -2.37. The largest absolute Gasteiger partial charge is 0.756 e. The number of phosphoric acid groups is 1. The molecule has 0 aliphatic heterocycles. The van der Waals surface area contributed by atoms with Gasteiger partial charge in [-0.3, -0.25) is 14.2 Å². The van der Waals surface area contributed by atoms with Gasteiger partial charge < -0.3 is 27.9 Å². The van der Waals surface area contributed by atoms with Gasteiger partial charge in [-0.1, -0.05) is 122 Å². The molecule has 0 aromatic rings. The molecule has 0 fully saturated rings. The third-order valence-corrected chi connectivity index (χ3v) is 9.00. The average Bonchev–Trinajstić information content (AvgIpc) is 3.01. The number of allylic oxidation sites excluding steroid dienone is 2. The van der Waals surface area contributed by atoms with E-state index in [2.05, 4.69) is 26.0 Å². The normalized spacial score (nSPS) is 13.9. The van der Waals surface area contributed by atoms with E-state index >= 15 is 0 Å². The van der Waals surface area contributed by atoms with Gasteiger partial charge in [0.15, 0.2) is 6.10 Å². The van der Waals surface area contributed by atoms with Crippen LogP contribution in [0.2, 0.25) is 0 Å². The van der Waals surface area contributed by atoms with Gasteiger partial charge >= 0.3 is 11.9 Å². The Morgan fingerprint density at radius 3 is 1.62 bits per heavy atom. The number of esters is 2. The molecule has 0 aliphatic rings. The van der Waals surface area contributed by atoms with Gasteiger partial charge in [-0.05, 0) is 38.5 Å². The lowest BCUT2D eigenvalue weighted by atomic mass is 10.1. The van der Waals surface area contributed by atoms with E-state index in [-0.39, 0.29) is 32.0 Å². The third-order valence-electron chi connectivity index (χ3n) is 8.04. The van der Waals surface area contributed by atoms with Gasteiger partial charge in [0, 0.05) is 12.8 Å². The van der Waals surface area contributed by atoms with Crippen LogP contribution in [-0.2, 0) is 32.7 Å². The average molecular weight is 690 g/mol. The van der Waals surface area contributed by atoms with E-state index in [1.54, 1.807) is 0 Å². The topological polar surface area (TPSA) is 111 Å². The van der Waals surface area contributed by atoms with Gasteiger partial charge in [0.05, 0.1) is 27.7 Å². The third kappa shape index (κ3) is 34.4. The van der Waals surface area contributed by atoms with E-state index in [0.29, 0.717) is 17.4 Å². The zero-order valence-electron chi connectivity index (χ0n) is 31.0. The monoisotopic (exact) mass is 689 g/mol. The van der Waals surface area contributed by atoms with E-state index in [4.69, 9.17) is 18.5 Å². The molecule has 0 saturated heterocycles. The second kappa shape index (κ2) is 30.8. The lowest BCUT2D eigenvalue weighted by Gasteiger charge is -2.28. The molecule has 2 unspecified atom stereocenters. The fraction of sp³-hybridized carbons (Fsp3) is 0.892. The van der Waals surface area contributed by atoms with Crippen molar-refractivity contribution < 1.29 is 42.1 Å². The van der Waals surface area contributed by atoms with Gasteiger partial charge in [-0.25, -0.2) is 0 Å². The van der Waals surface area contributed by atoms with Crippen LogP contribution in [0.4, 0.5) is 0 Å². The fourth-order valence-corrected chi connectivity index (χ4v) is 5.73. The highest BCUT2D eigenvalue weighted by atomic mass is 31.2. The first kappa shape index (κ1) is 45.8. The molecule has 0 N–H and O–H groups in total. The van der Waals surface area contributed by atoms with Crippen LogP contribution < -0.4 is 4.89 Å². The predicted molar refractivity (Wildman–Crippen MR) is 190 cm³/mol. The second-order valence-electron chi connectivity index (χ2n) is 13.9. The Morgan fingerprint density at radius 1 is 0.638 bits per heavy atom. The van der Waals surface area contributed by atoms with Crippen molar-refractivity contribution in [2.45, 2.75) is 168 Å². The van der Waals surface area contributed by atoms with Crippen LogP contribution in [0, 0.1) is 0 Å². The number of nitrogens with zero attached hydrogens (tertiary/aromatic N) is 1. The van der Waals surface area contributed by atoms with E-state index in [1.165, 1.54) is 70.6 Å². The number of hydrogen-bond donors (Lipinski definition) is 0. The molecule has 0 saturated carbocycles. The van der Waals surface area contributed by atoms with Crippen LogP contribution in [-0.4, -0.2) is 70.0 Å². The van der Waals surface area contributed by atoms with Crippen LogP contribution in [0.1, 0.15) is 162 Å². The Balaban J connectivity index is 4.46. The molecular weight excluding hydrogens is 617 g/mol. The minimum absolute atomic E-state index is 0.0298. The summed E-state index contributed by atoms with van der Waals surface area (Å²) in [6.07, 6.45) is 28.1. The zero-order valence-corrected chi connectivity index (χ0v) is 31.9. The van der Waals surface area contributed by atoms with Crippen molar-refractivity contribution >= 4 is 19.8 Å². The first-order chi connectivity index (χ1) is 22.5. The van der Waals surface area contributed by atoms with Crippen LogP contribution in [0.25, 0.3) is 0 Å². The number of hydrogen-bond acceptors (Lipinski definition) is 8. The Bertz CT molecular complexity index is 830. The quantitative estimate of drug-likeness (QED) is 0.0216. The van der Waals surface area contributed by atoms with Crippen molar-refractivity contribution in [2.24, 2.45) is 0 Å². The van der Waals surface area contributed by atoms with Crippen LogP contribution in [0.3, 0.4) is 0 Å². The lowest BCUT2D eigenvalue weighted by molar-refractivity contribution is -0.870. The molecule has 0 heterocycles. The van der Waals surface area contributed by atoms with E-state index in [0.717, 1.165) is 57.8 Å². The standard InChI is InChI=1S/C37H72NO8P/c1-6-8-10-12-14-16-18-20-22-24-26-28-30-37(40)46-35(34-45-47(41,42)44-32-31-38(3,4)5)33-43-36(39)29-27-25-23-21-19-17-15-13-11-9-7-2/h14,16,35H,6-13,15,17-34H2,1-5H3/b16-14-. The number of carbonyl (C=O) groups is 2. The second-order valence-corrected chi connectivity index (χ2v) is 15.4. The number of likely N-dealkylation sites (N-methyl/N-ethyl adjacent to an activating group) is 1. The van der Waals surface area contributed by atoms with E-state index in [9.17, 15) is 19.0 Å². The van der Waals surface area contributed by atoms with Crippen molar-refractivity contribution in [2.75, 3.05) is 47.5 Å². The Kier molecular flexibility index (Phi) is 30.0. The van der Waals surface area contributed by atoms with Gasteiger partial charge in [-0.2, -0.15) is 0 Å². The summed E-state index contributed by atoms with van der Waals surface area (Å²) in [5.41, 5.74) is 0. The number of phosphoric ester groups is 1. The number of ether oxygens (including phenoxy) is 2. The smallest absolute Gasteiger partial charge is 0.306 e. The summed E-state index contributed by atoms with van der Waals surface area (Å²) in [5, 5.41) is 0. The molecule has 0 aromatic carbocycles. The molecular formula is C37H72NO8P. The highest BCUT2D eigenvalue weighted by Gasteiger charge is 2.21. The van der Waals surface area contributed by atoms with E-state index in [1.807, 2.05) is 21.1 Å². The molecule has 0 spiro atoms. The fourth-order valence-electron chi connectivity index (χ4n) is 5.00. The van der Waals surface area contributed by atoms with Gasteiger partial charge in [0.2, 0.25) is 0 Å². The summed E-state index contributed by atoms with van der Waals surface area (Å²) < 4.78 is 33.7.